The smallest absolute Gasteiger partial charge is 0.344 e. The maximum atomic E-state index is 12.0. The number of benzene rings is 1. The molecular weight excluding hydrogens is 391 g/mol. The fourth-order valence-electron chi connectivity index (χ4n) is 1.69. The van der Waals surface area contributed by atoms with Gasteiger partial charge in [-0.15, -0.1) is 0 Å². The Morgan fingerprint density at radius 2 is 1.88 bits per heavy atom. The molecular formula is C16H13Cl3N2O4. The van der Waals surface area contributed by atoms with Gasteiger partial charge in [0.2, 0.25) is 0 Å². The number of pyridine rings is 1. The topological polar surface area (TPSA) is 77.5 Å². The van der Waals surface area contributed by atoms with E-state index in [1.165, 1.54) is 31.3 Å². The predicted octanol–water partition coefficient (Wildman–Crippen LogP) is 3.99. The van der Waals surface area contributed by atoms with Gasteiger partial charge in [0.1, 0.15) is 11.6 Å². The van der Waals surface area contributed by atoms with Gasteiger partial charge >= 0.3 is 5.97 Å². The van der Waals surface area contributed by atoms with Gasteiger partial charge in [-0.1, -0.05) is 34.8 Å². The van der Waals surface area contributed by atoms with Gasteiger partial charge < -0.3 is 14.8 Å². The summed E-state index contributed by atoms with van der Waals surface area (Å²) in [5, 5.41) is 3.65. The number of halogens is 3. The first kappa shape index (κ1) is 19.3. The van der Waals surface area contributed by atoms with Crippen molar-refractivity contribution in [2.24, 2.45) is 0 Å². The third kappa shape index (κ3) is 6.08. The molecule has 1 atom stereocenters. The maximum absolute atomic E-state index is 12.0. The van der Waals surface area contributed by atoms with Crippen molar-refractivity contribution in [3.8, 4) is 5.75 Å². The minimum Gasteiger partial charge on any atom is -0.480 e. The van der Waals surface area contributed by atoms with E-state index < -0.39 is 24.6 Å². The molecule has 2 rings (SSSR count). The highest BCUT2D eigenvalue weighted by Crippen LogP contribution is 2.27. The van der Waals surface area contributed by atoms with E-state index in [2.05, 4.69) is 10.3 Å². The van der Waals surface area contributed by atoms with Crippen LogP contribution in [0.15, 0.2) is 36.5 Å². The van der Waals surface area contributed by atoms with Crippen LogP contribution < -0.4 is 10.1 Å². The monoisotopic (exact) mass is 402 g/mol. The lowest BCUT2D eigenvalue weighted by molar-refractivity contribution is -0.155. The van der Waals surface area contributed by atoms with Gasteiger partial charge in [0.15, 0.2) is 12.7 Å². The summed E-state index contributed by atoms with van der Waals surface area (Å²) in [6.45, 7) is 1.02. The van der Waals surface area contributed by atoms with Gasteiger partial charge in [-0.05, 0) is 37.3 Å². The molecule has 0 spiro atoms. The first-order valence-electron chi connectivity index (χ1n) is 7.05. The summed E-state index contributed by atoms with van der Waals surface area (Å²) in [5.74, 6) is -0.683. The van der Waals surface area contributed by atoms with Gasteiger partial charge in [-0.3, -0.25) is 4.79 Å². The van der Waals surface area contributed by atoms with Crippen LogP contribution in [0.3, 0.4) is 0 Å². The van der Waals surface area contributed by atoms with Crippen molar-refractivity contribution in [2.75, 3.05) is 11.9 Å². The lowest BCUT2D eigenvalue weighted by Gasteiger charge is -2.14. The minimum atomic E-state index is -1.03. The molecule has 25 heavy (non-hydrogen) atoms. The number of hydrogen-bond donors (Lipinski definition) is 1. The molecule has 0 aliphatic heterocycles. The molecule has 1 heterocycles. The Morgan fingerprint density at radius 3 is 2.52 bits per heavy atom. The molecule has 1 aromatic heterocycles. The van der Waals surface area contributed by atoms with Crippen LogP contribution in [0.4, 0.5) is 5.82 Å². The molecule has 0 unspecified atom stereocenters. The molecule has 6 nitrogen and oxygen atoms in total. The normalized spacial score (nSPS) is 11.5. The van der Waals surface area contributed by atoms with Gasteiger partial charge in [0.25, 0.3) is 5.91 Å². The molecule has 0 saturated carbocycles. The number of esters is 1. The highest BCUT2D eigenvalue weighted by molar-refractivity contribution is 6.35. The number of nitrogens with zero attached hydrogens (tertiary/aromatic N) is 1. The molecule has 0 radical (unpaired) electrons. The number of amides is 1. The van der Waals surface area contributed by atoms with Gasteiger partial charge in [0.05, 0.1) is 10.0 Å². The van der Waals surface area contributed by atoms with E-state index in [-0.39, 0.29) is 10.8 Å². The summed E-state index contributed by atoms with van der Waals surface area (Å²) in [6, 6.07) is 7.69. The molecule has 0 fully saturated rings. The molecule has 0 bridgehead atoms. The molecule has 1 amide bonds. The average molecular weight is 404 g/mol. The SMILES string of the molecule is C[C@@H](OC(=O)COc1ccc(Cl)cc1Cl)C(=O)Nc1ccc(Cl)cn1. The Morgan fingerprint density at radius 1 is 1.16 bits per heavy atom. The Bertz CT molecular complexity index is 768. The Kier molecular flexibility index (Phi) is 6.87. The van der Waals surface area contributed by atoms with Crippen LogP contribution in [0.1, 0.15) is 6.92 Å². The van der Waals surface area contributed by atoms with E-state index in [1.54, 1.807) is 12.1 Å². The van der Waals surface area contributed by atoms with E-state index in [1.807, 2.05) is 0 Å². The van der Waals surface area contributed by atoms with E-state index in [9.17, 15) is 9.59 Å². The predicted molar refractivity (Wildman–Crippen MR) is 95.4 cm³/mol. The summed E-state index contributed by atoms with van der Waals surface area (Å²) in [5.41, 5.74) is 0. The Balaban J connectivity index is 1.82. The number of hydrogen-bond acceptors (Lipinski definition) is 5. The van der Waals surface area contributed by atoms with Crippen LogP contribution >= 0.6 is 34.8 Å². The van der Waals surface area contributed by atoms with Crippen molar-refractivity contribution in [2.45, 2.75) is 13.0 Å². The van der Waals surface area contributed by atoms with Crippen LogP contribution in [0, 0.1) is 0 Å². The highest BCUT2D eigenvalue weighted by atomic mass is 35.5. The van der Waals surface area contributed by atoms with Crippen molar-refractivity contribution in [3.63, 3.8) is 0 Å². The molecule has 1 N–H and O–H groups in total. The van der Waals surface area contributed by atoms with Crippen LogP contribution in [-0.2, 0) is 14.3 Å². The van der Waals surface area contributed by atoms with E-state index >= 15 is 0 Å². The largest absolute Gasteiger partial charge is 0.480 e. The summed E-state index contributed by atoms with van der Waals surface area (Å²) < 4.78 is 10.2. The summed E-state index contributed by atoms with van der Waals surface area (Å²) in [7, 11) is 0. The molecule has 2 aromatic rings. The second-order valence-corrected chi connectivity index (χ2v) is 6.13. The van der Waals surface area contributed by atoms with Crippen LogP contribution in [0.25, 0.3) is 0 Å². The molecule has 132 valence electrons. The minimum absolute atomic E-state index is 0.264. The fraction of sp³-hybridized carbons (Fsp3) is 0.188. The number of carbonyl (C=O) groups excluding carboxylic acids is 2. The number of anilines is 1. The van der Waals surface area contributed by atoms with Crippen LogP contribution in [0.5, 0.6) is 5.75 Å². The zero-order valence-electron chi connectivity index (χ0n) is 13.0. The third-order valence-electron chi connectivity index (χ3n) is 2.90. The van der Waals surface area contributed by atoms with Crippen molar-refractivity contribution >= 4 is 52.5 Å². The van der Waals surface area contributed by atoms with E-state index in [0.29, 0.717) is 15.9 Å². The van der Waals surface area contributed by atoms with Crippen LogP contribution in [-0.4, -0.2) is 29.6 Å². The number of ether oxygens (including phenoxy) is 2. The number of carbonyl (C=O) groups is 2. The van der Waals surface area contributed by atoms with Crippen molar-refractivity contribution in [1.29, 1.82) is 0 Å². The van der Waals surface area contributed by atoms with Crippen LogP contribution in [0.2, 0.25) is 15.1 Å². The van der Waals surface area contributed by atoms with Gasteiger partial charge in [0, 0.05) is 11.2 Å². The molecule has 1 aromatic carbocycles. The second kappa shape index (κ2) is 8.89. The molecule has 0 aliphatic rings. The number of rotatable bonds is 6. The summed E-state index contributed by atoms with van der Waals surface area (Å²) >= 11 is 17.4. The third-order valence-corrected chi connectivity index (χ3v) is 3.65. The lowest BCUT2D eigenvalue weighted by atomic mass is 10.3. The quantitative estimate of drug-likeness (QED) is 0.738. The average Bonchev–Trinajstić information content (AvgIpc) is 2.56. The highest BCUT2D eigenvalue weighted by Gasteiger charge is 2.19. The number of aromatic nitrogens is 1. The zero-order chi connectivity index (χ0) is 18.4. The standard InChI is InChI=1S/C16H13Cl3N2O4/c1-9(16(23)21-14-5-3-11(18)7-20-14)25-15(22)8-24-13-4-2-10(17)6-12(13)19/h2-7,9H,8H2,1H3,(H,20,21,23)/t9-/m1/s1. The van der Waals surface area contributed by atoms with Crippen molar-refractivity contribution in [3.05, 3.63) is 51.6 Å². The van der Waals surface area contributed by atoms with Gasteiger partial charge in [-0.25, -0.2) is 9.78 Å². The first-order valence-corrected chi connectivity index (χ1v) is 8.18. The summed E-state index contributed by atoms with van der Waals surface area (Å²) in [6.07, 6.45) is 0.353. The summed E-state index contributed by atoms with van der Waals surface area (Å²) in [4.78, 5) is 27.7. The van der Waals surface area contributed by atoms with E-state index in [4.69, 9.17) is 44.3 Å². The van der Waals surface area contributed by atoms with Gasteiger partial charge in [-0.2, -0.15) is 0 Å². The zero-order valence-corrected chi connectivity index (χ0v) is 15.2. The van der Waals surface area contributed by atoms with E-state index in [0.717, 1.165) is 0 Å². The molecule has 0 saturated heterocycles. The van der Waals surface area contributed by atoms with Crippen molar-refractivity contribution in [1.82, 2.24) is 4.98 Å². The second-order valence-electron chi connectivity index (χ2n) is 4.85. The number of nitrogens with one attached hydrogen (secondary N) is 1. The fourth-order valence-corrected chi connectivity index (χ4v) is 2.27. The first-order chi connectivity index (χ1) is 11.8. The maximum Gasteiger partial charge on any atom is 0.344 e. The Hall–Kier alpha value is -2.02. The lowest BCUT2D eigenvalue weighted by Crippen LogP contribution is -2.31. The van der Waals surface area contributed by atoms with Crippen molar-refractivity contribution < 1.29 is 19.1 Å². The Labute approximate surface area is 159 Å². The molecule has 0 aliphatic carbocycles. The molecule has 9 heteroatoms.